The Bertz CT molecular complexity index is 580. The minimum absolute atomic E-state index is 0.00822. The van der Waals surface area contributed by atoms with Gasteiger partial charge in [0.25, 0.3) is 0 Å². The van der Waals surface area contributed by atoms with Gasteiger partial charge in [-0.3, -0.25) is 9.59 Å². The lowest BCUT2D eigenvalue weighted by atomic mass is 9.96. The van der Waals surface area contributed by atoms with Crippen molar-refractivity contribution in [2.24, 2.45) is 5.92 Å². The number of ether oxygens (including phenoxy) is 1. The molecule has 2 rings (SSSR count). The SMILES string of the molecule is COc1cc(F)c(NC(=O)CC2CCCNC(=O)C2)cc1Cl. The third kappa shape index (κ3) is 4.34. The van der Waals surface area contributed by atoms with Gasteiger partial charge >= 0.3 is 0 Å². The summed E-state index contributed by atoms with van der Waals surface area (Å²) in [7, 11) is 1.38. The molecule has 22 heavy (non-hydrogen) atoms. The van der Waals surface area contributed by atoms with E-state index >= 15 is 0 Å². The number of hydrogen-bond donors (Lipinski definition) is 2. The van der Waals surface area contributed by atoms with Crippen LogP contribution >= 0.6 is 11.6 Å². The number of anilines is 1. The lowest BCUT2D eigenvalue weighted by Gasteiger charge is -2.14. The molecule has 0 radical (unpaired) electrons. The molecule has 1 atom stereocenters. The van der Waals surface area contributed by atoms with Gasteiger partial charge in [-0.15, -0.1) is 0 Å². The van der Waals surface area contributed by atoms with E-state index in [2.05, 4.69) is 10.6 Å². The van der Waals surface area contributed by atoms with Gasteiger partial charge in [-0.1, -0.05) is 11.6 Å². The molecule has 0 aliphatic carbocycles. The summed E-state index contributed by atoms with van der Waals surface area (Å²) in [6.45, 7) is 0.639. The molecule has 120 valence electrons. The fraction of sp³-hybridized carbons (Fsp3) is 0.467. The Morgan fingerprint density at radius 3 is 3.05 bits per heavy atom. The first-order valence-electron chi connectivity index (χ1n) is 7.09. The predicted molar refractivity (Wildman–Crippen MR) is 81.6 cm³/mol. The third-order valence-electron chi connectivity index (χ3n) is 3.58. The normalized spacial score (nSPS) is 18.3. The summed E-state index contributed by atoms with van der Waals surface area (Å²) in [5.74, 6) is -0.820. The molecule has 2 amide bonds. The monoisotopic (exact) mass is 328 g/mol. The number of carbonyl (C=O) groups is 2. The van der Waals surface area contributed by atoms with Crippen LogP contribution in [0.5, 0.6) is 5.75 Å². The molecular weight excluding hydrogens is 311 g/mol. The Morgan fingerprint density at radius 1 is 1.55 bits per heavy atom. The largest absolute Gasteiger partial charge is 0.495 e. The van der Waals surface area contributed by atoms with Crippen LogP contribution in [0.15, 0.2) is 12.1 Å². The number of rotatable bonds is 4. The summed E-state index contributed by atoms with van der Waals surface area (Å²) >= 11 is 5.92. The van der Waals surface area contributed by atoms with E-state index in [-0.39, 0.29) is 40.6 Å². The minimum atomic E-state index is -0.617. The summed E-state index contributed by atoms with van der Waals surface area (Å²) in [5, 5.41) is 5.48. The fourth-order valence-corrected chi connectivity index (χ4v) is 2.71. The van der Waals surface area contributed by atoms with Crippen molar-refractivity contribution in [3.63, 3.8) is 0 Å². The maximum absolute atomic E-state index is 13.9. The highest BCUT2D eigenvalue weighted by Gasteiger charge is 2.21. The maximum atomic E-state index is 13.9. The fourth-order valence-electron chi connectivity index (χ4n) is 2.47. The lowest BCUT2D eigenvalue weighted by molar-refractivity contribution is -0.122. The molecule has 1 aliphatic heterocycles. The molecule has 2 N–H and O–H groups in total. The number of benzene rings is 1. The van der Waals surface area contributed by atoms with Gasteiger partial charge in [-0.25, -0.2) is 4.39 Å². The van der Waals surface area contributed by atoms with E-state index < -0.39 is 5.82 Å². The highest BCUT2D eigenvalue weighted by molar-refractivity contribution is 6.32. The first-order valence-corrected chi connectivity index (χ1v) is 7.47. The summed E-state index contributed by atoms with van der Waals surface area (Å²) in [6, 6.07) is 2.43. The first kappa shape index (κ1) is 16.5. The Balaban J connectivity index is 1.99. The van der Waals surface area contributed by atoms with Crippen molar-refractivity contribution >= 4 is 29.1 Å². The second kappa shape index (κ2) is 7.45. The topological polar surface area (TPSA) is 67.4 Å². The van der Waals surface area contributed by atoms with E-state index in [4.69, 9.17) is 16.3 Å². The standard InChI is InChI=1S/C15H18ClFN2O3/c1-22-13-8-11(17)12(7-10(13)16)19-15(21)6-9-3-2-4-18-14(20)5-9/h7-9H,2-6H2,1H3,(H,18,20)(H,19,21). The molecular formula is C15H18ClFN2O3. The zero-order valence-electron chi connectivity index (χ0n) is 12.2. The van der Waals surface area contributed by atoms with Crippen LogP contribution in [0.3, 0.4) is 0 Å². The van der Waals surface area contributed by atoms with Crippen LogP contribution in [0.2, 0.25) is 5.02 Å². The Hall–Kier alpha value is -1.82. The van der Waals surface area contributed by atoms with E-state index in [0.29, 0.717) is 13.0 Å². The Kier molecular flexibility index (Phi) is 5.60. The van der Waals surface area contributed by atoms with Gasteiger partial charge in [0.1, 0.15) is 5.75 Å². The van der Waals surface area contributed by atoms with Gasteiger partial charge in [0.15, 0.2) is 5.82 Å². The van der Waals surface area contributed by atoms with E-state index in [9.17, 15) is 14.0 Å². The van der Waals surface area contributed by atoms with Crippen LogP contribution in [0, 0.1) is 11.7 Å². The van der Waals surface area contributed by atoms with Crippen LogP contribution in [-0.2, 0) is 9.59 Å². The molecule has 1 aromatic carbocycles. The number of methoxy groups -OCH3 is 1. The highest BCUT2D eigenvalue weighted by Crippen LogP contribution is 2.30. The van der Waals surface area contributed by atoms with Gasteiger partial charge in [-0.2, -0.15) is 0 Å². The molecule has 1 fully saturated rings. The molecule has 7 heteroatoms. The average molecular weight is 329 g/mol. The molecule has 0 aromatic heterocycles. The second-order valence-corrected chi connectivity index (χ2v) is 5.69. The second-order valence-electron chi connectivity index (χ2n) is 5.28. The predicted octanol–water partition coefficient (Wildman–Crippen LogP) is 2.73. The van der Waals surface area contributed by atoms with Crippen LogP contribution in [-0.4, -0.2) is 25.5 Å². The Labute approximate surface area is 133 Å². The van der Waals surface area contributed by atoms with Crippen molar-refractivity contribution in [3.8, 4) is 5.75 Å². The summed E-state index contributed by atoms with van der Waals surface area (Å²) in [6.07, 6.45) is 2.13. The summed E-state index contributed by atoms with van der Waals surface area (Å²) < 4.78 is 18.8. The van der Waals surface area contributed by atoms with E-state index in [1.54, 1.807) is 0 Å². The third-order valence-corrected chi connectivity index (χ3v) is 3.87. The number of carbonyl (C=O) groups excluding carboxylic acids is 2. The van der Waals surface area contributed by atoms with Gasteiger partial charge in [0.05, 0.1) is 17.8 Å². The molecule has 1 aromatic rings. The van der Waals surface area contributed by atoms with Crippen molar-refractivity contribution in [2.45, 2.75) is 25.7 Å². The highest BCUT2D eigenvalue weighted by atomic mass is 35.5. The molecule has 1 saturated heterocycles. The zero-order valence-corrected chi connectivity index (χ0v) is 13.0. The van der Waals surface area contributed by atoms with E-state index in [1.807, 2.05) is 0 Å². The van der Waals surface area contributed by atoms with Gasteiger partial charge < -0.3 is 15.4 Å². The van der Waals surface area contributed by atoms with Crippen molar-refractivity contribution in [1.82, 2.24) is 5.32 Å². The molecule has 1 unspecified atom stereocenters. The zero-order chi connectivity index (χ0) is 16.1. The molecule has 1 aliphatic rings. The van der Waals surface area contributed by atoms with Gasteiger partial charge in [0.2, 0.25) is 11.8 Å². The Morgan fingerprint density at radius 2 is 2.32 bits per heavy atom. The van der Waals surface area contributed by atoms with Crippen LogP contribution in [0.1, 0.15) is 25.7 Å². The molecule has 5 nitrogen and oxygen atoms in total. The molecule has 0 bridgehead atoms. The summed E-state index contributed by atoms with van der Waals surface area (Å²) in [4.78, 5) is 23.5. The smallest absolute Gasteiger partial charge is 0.224 e. The van der Waals surface area contributed by atoms with Crippen molar-refractivity contribution < 1.29 is 18.7 Å². The summed E-state index contributed by atoms with van der Waals surface area (Å²) in [5.41, 5.74) is 0.00822. The van der Waals surface area contributed by atoms with Crippen molar-refractivity contribution in [2.75, 3.05) is 19.0 Å². The van der Waals surface area contributed by atoms with Gasteiger partial charge in [-0.05, 0) is 24.8 Å². The van der Waals surface area contributed by atoms with Crippen molar-refractivity contribution in [3.05, 3.63) is 23.0 Å². The number of halogens is 2. The van der Waals surface area contributed by atoms with Crippen LogP contribution in [0.4, 0.5) is 10.1 Å². The lowest BCUT2D eigenvalue weighted by Crippen LogP contribution is -2.24. The van der Waals surface area contributed by atoms with Crippen LogP contribution < -0.4 is 15.4 Å². The van der Waals surface area contributed by atoms with E-state index in [0.717, 1.165) is 18.9 Å². The van der Waals surface area contributed by atoms with E-state index in [1.165, 1.54) is 13.2 Å². The first-order chi connectivity index (χ1) is 10.5. The molecule has 1 heterocycles. The number of nitrogens with one attached hydrogen (secondary N) is 2. The molecule has 0 spiro atoms. The quantitative estimate of drug-likeness (QED) is 0.893. The maximum Gasteiger partial charge on any atom is 0.224 e. The van der Waals surface area contributed by atoms with Gasteiger partial charge in [0, 0.05) is 25.5 Å². The number of hydrogen-bond acceptors (Lipinski definition) is 3. The number of amides is 2. The van der Waals surface area contributed by atoms with Crippen LogP contribution in [0.25, 0.3) is 0 Å². The van der Waals surface area contributed by atoms with Crippen molar-refractivity contribution in [1.29, 1.82) is 0 Å². The minimum Gasteiger partial charge on any atom is -0.495 e. The average Bonchev–Trinajstić information content (AvgIpc) is 2.66. The molecule has 0 saturated carbocycles.